The summed E-state index contributed by atoms with van der Waals surface area (Å²) in [6.45, 7) is 8.51. The van der Waals surface area contributed by atoms with Crippen molar-refractivity contribution in [1.82, 2.24) is 25.0 Å². The third kappa shape index (κ3) is 9.62. The van der Waals surface area contributed by atoms with Gasteiger partial charge in [-0.25, -0.2) is 19.6 Å². The topological polar surface area (TPSA) is 97.9 Å². The van der Waals surface area contributed by atoms with Crippen molar-refractivity contribution in [3.8, 4) is 11.1 Å². The van der Waals surface area contributed by atoms with E-state index in [1.165, 1.54) is 5.56 Å². The number of piperazine rings is 1. The van der Waals surface area contributed by atoms with Gasteiger partial charge in [0, 0.05) is 70.9 Å². The van der Waals surface area contributed by atoms with Crippen molar-refractivity contribution >= 4 is 23.7 Å². The molecule has 6 rings (SSSR count). The number of urea groups is 1. The standard InChI is InChI=1S/C39H50N6O5/c46-37(18-17-32-13-15-33(16-14-32)31-41-22-24-42(25-23-41)38(47)43-26-29-49-30-27-43)40-19-28-50-39(48)45(44-20-7-2-8-21-44)36-12-6-5-11-35(36)34-9-3-1-4-10-34/h1,3-6,9-16H,2,7-8,17-31H2,(H,40,46). The van der Waals surface area contributed by atoms with E-state index in [2.05, 4.69) is 39.5 Å². The lowest BCUT2D eigenvalue weighted by Crippen LogP contribution is -2.54. The van der Waals surface area contributed by atoms with Gasteiger partial charge in [-0.2, -0.15) is 0 Å². The highest BCUT2D eigenvalue weighted by Crippen LogP contribution is 2.33. The molecule has 1 N–H and O–H groups in total. The van der Waals surface area contributed by atoms with E-state index in [1.807, 2.05) is 64.4 Å². The predicted molar refractivity (Wildman–Crippen MR) is 194 cm³/mol. The lowest BCUT2D eigenvalue weighted by molar-refractivity contribution is -0.121. The van der Waals surface area contributed by atoms with Crippen molar-refractivity contribution < 1.29 is 23.9 Å². The molecule has 0 spiro atoms. The van der Waals surface area contributed by atoms with Gasteiger partial charge in [-0.3, -0.25) is 9.69 Å². The second-order valence-corrected chi connectivity index (χ2v) is 13.1. The lowest BCUT2D eigenvalue weighted by Gasteiger charge is -2.38. The number of carbonyl (C=O) groups excluding carboxylic acids is 3. The van der Waals surface area contributed by atoms with Crippen molar-refractivity contribution in [1.29, 1.82) is 0 Å². The number of benzene rings is 3. The third-order valence-corrected chi connectivity index (χ3v) is 9.65. The average molecular weight is 683 g/mol. The van der Waals surface area contributed by atoms with Gasteiger partial charge in [0.1, 0.15) is 6.61 Å². The van der Waals surface area contributed by atoms with Gasteiger partial charge in [-0.15, -0.1) is 0 Å². The first-order valence-corrected chi connectivity index (χ1v) is 18.1. The Morgan fingerprint density at radius 1 is 0.720 bits per heavy atom. The Morgan fingerprint density at radius 3 is 2.12 bits per heavy atom. The number of carbonyl (C=O) groups is 3. The van der Waals surface area contributed by atoms with Crippen LogP contribution in [0.4, 0.5) is 15.3 Å². The van der Waals surface area contributed by atoms with Gasteiger partial charge in [-0.05, 0) is 42.0 Å². The quantitative estimate of drug-likeness (QED) is 0.284. The number of aryl methyl sites for hydroxylation is 1. The summed E-state index contributed by atoms with van der Waals surface area (Å²) in [5.41, 5.74) is 5.11. The van der Waals surface area contributed by atoms with Gasteiger partial charge in [0.2, 0.25) is 5.91 Å². The molecule has 3 aliphatic rings. The number of rotatable bonds is 11. The highest BCUT2D eigenvalue weighted by Gasteiger charge is 2.29. The van der Waals surface area contributed by atoms with E-state index in [4.69, 9.17) is 9.47 Å². The van der Waals surface area contributed by atoms with Gasteiger partial charge >= 0.3 is 12.1 Å². The molecule has 11 nitrogen and oxygen atoms in total. The zero-order valence-electron chi connectivity index (χ0n) is 29.0. The Morgan fingerprint density at radius 2 is 1.38 bits per heavy atom. The maximum absolute atomic E-state index is 13.6. The summed E-state index contributed by atoms with van der Waals surface area (Å²) in [5.74, 6) is -0.0723. The highest BCUT2D eigenvalue weighted by atomic mass is 16.6. The maximum atomic E-state index is 13.6. The summed E-state index contributed by atoms with van der Waals surface area (Å²) >= 11 is 0. The molecule has 4 amide bonds. The van der Waals surface area contributed by atoms with Crippen LogP contribution in [0.5, 0.6) is 0 Å². The van der Waals surface area contributed by atoms with Crippen LogP contribution in [0.25, 0.3) is 11.1 Å². The molecule has 3 aliphatic heterocycles. The van der Waals surface area contributed by atoms with Crippen LogP contribution in [0.1, 0.15) is 36.8 Å². The Balaban J connectivity index is 0.920. The van der Waals surface area contributed by atoms with Crippen molar-refractivity contribution in [2.75, 3.05) is 83.7 Å². The van der Waals surface area contributed by atoms with Crippen molar-refractivity contribution in [2.24, 2.45) is 0 Å². The second kappa shape index (κ2) is 18.0. The van der Waals surface area contributed by atoms with Gasteiger partial charge < -0.3 is 24.6 Å². The van der Waals surface area contributed by atoms with Crippen molar-refractivity contribution in [2.45, 2.75) is 38.6 Å². The Bertz CT molecular complexity index is 1530. The molecule has 0 saturated carbocycles. The largest absolute Gasteiger partial charge is 0.446 e. The average Bonchev–Trinajstić information content (AvgIpc) is 3.18. The SMILES string of the molecule is O=C(CCc1ccc(CN2CCN(C(=O)N3CCOCC3)CC2)cc1)NCCOC(=O)N(c1ccccc1-c1ccccc1)N1CCCCC1. The first-order valence-electron chi connectivity index (χ1n) is 18.1. The molecule has 0 aromatic heterocycles. The number of para-hydroxylation sites is 1. The molecule has 3 fully saturated rings. The van der Waals surface area contributed by atoms with Gasteiger partial charge in [-0.1, -0.05) is 79.2 Å². The van der Waals surface area contributed by atoms with Gasteiger partial charge in [0.15, 0.2) is 0 Å². The smallest absolute Gasteiger partial charge is 0.429 e. The van der Waals surface area contributed by atoms with Gasteiger partial charge in [0.25, 0.3) is 0 Å². The number of hydrogen-bond donors (Lipinski definition) is 1. The lowest BCUT2D eigenvalue weighted by atomic mass is 10.0. The van der Waals surface area contributed by atoms with E-state index < -0.39 is 6.09 Å². The minimum absolute atomic E-state index is 0.0723. The highest BCUT2D eigenvalue weighted by molar-refractivity contribution is 5.93. The Labute approximate surface area is 295 Å². The Kier molecular flexibility index (Phi) is 12.7. The van der Waals surface area contributed by atoms with E-state index in [9.17, 15) is 14.4 Å². The monoisotopic (exact) mass is 682 g/mol. The molecule has 3 aromatic carbocycles. The number of hydrogen-bond acceptors (Lipinski definition) is 7. The summed E-state index contributed by atoms with van der Waals surface area (Å²) in [6, 6.07) is 26.5. The number of anilines is 1. The second-order valence-electron chi connectivity index (χ2n) is 13.1. The molecule has 0 atom stereocenters. The molecule has 266 valence electrons. The van der Waals surface area contributed by atoms with Crippen LogP contribution in [-0.4, -0.2) is 116 Å². The number of ether oxygens (including phenoxy) is 2. The minimum Gasteiger partial charge on any atom is -0.446 e. The summed E-state index contributed by atoms with van der Waals surface area (Å²) in [4.78, 5) is 45.2. The van der Waals surface area contributed by atoms with Crippen LogP contribution < -0.4 is 10.3 Å². The number of piperidine rings is 1. The molecular formula is C39H50N6O5. The number of nitrogens with zero attached hydrogens (tertiary/aromatic N) is 5. The van der Waals surface area contributed by atoms with E-state index >= 15 is 0 Å². The van der Waals surface area contributed by atoms with Crippen LogP contribution >= 0.6 is 0 Å². The maximum Gasteiger partial charge on any atom is 0.429 e. The number of hydrazine groups is 1. The molecule has 3 aromatic rings. The molecular weight excluding hydrogens is 632 g/mol. The summed E-state index contributed by atoms with van der Waals surface area (Å²) in [6.07, 6.45) is 3.74. The normalized spacial score (nSPS) is 17.3. The fraction of sp³-hybridized carbons (Fsp3) is 0.462. The molecule has 0 unspecified atom stereocenters. The first kappa shape index (κ1) is 35.4. The molecule has 0 radical (unpaired) electrons. The number of amides is 4. The van der Waals surface area contributed by atoms with Crippen LogP contribution in [0.3, 0.4) is 0 Å². The van der Waals surface area contributed by atoms with Crippen LogP contribution in [0, 0.1) is 0 Å². The zero-order chi connectivity index (χ0) is 34.5. The van der Waals surface area contributed by atoms with Crippen LogP contribution in [0.15, 0.2) is 78.9 Å². The van der Waals surface area contributed by atoms with E-state index in [-0.39, 0.29) is 25.1 Å². The van der Waals surface area contributed by atoms with Crippen molar-refractivity contribution in [3.63, 3.8) is 0 Å². The fourth-order valence-corrected chi connectivity index (χ4v) is 6.82. The summed E-state index contributed by atoms with van der Waals surface area (Å²) in [7, 11) is 0. The van der Waals surface area contributed by atoms with Crippen molar-refractivity contribution in [3.05, 3.63) is 90.0 Å². The van der Waals surface area contributed by atoms with Gasteiger partial charge in [0.05, 0.1) is 25.4 Å². The minimum atomic E-state index is -0.437. The molecule has 3 heterocycles. The van der Waals surface area contributed by atoms with Crippen LogP contribution in [-0.2, 0) is 27.2 Å². The zero-order valence-corrected chi connectivity index (χ0v) is 29.0. The summed E-state index contributed by atoms with van der Waals surface area (Å²) in [5, 5.41) is 6.67. The predicted octanol–water partition coefficient (Wildman–Crippen LogP) is 5.02. The third-order valence-electron chi connectivity index (χ3n) is 9.65. The van der Waals surface area contributed by atoms with E-state index in [0.717, 1.165) is 87.5 Å². The first-order chi connectivity index (χ1) is 24.5. The molecule has 0 aliphatic carbocycles. The molecule has 3 saturated heterocycles. The molecule has 0 bridgehead atoms. The number of morpholine rings is 1. The summed E-state index contributed by atoms with van der Waals surface area (Å²) < 4.78 is 11.1. The fourth-order valence-electron chi connectivity index (χ4n) is 6.82. The number of nitrogens with one attached hydrogen (secondary N) is 1. The van der Waals surface area contributed by atoms with E-state index in [0.29, 0.717) is 39.1 Å². The van der Waals surface area contributed by atoms with Crippen LogP contribution in [0.2, 0.25) is 0 Å². The molecule has 11 heteroatoms. The van der Waals surface area contributed by atoms with E-state index in [1.54, 1.807) is 5.01 Å². The molecule has 50 heavy (non-hydrogen) atoms. The Hall–Kier alpha value is -4.45.